The van der Waals surface area contributed by atoms with Crippen molar-refractivity contribution in [2.45, 2.75) is 17.5 Å². The minimum Gasteiger partial charge on any atom is -0.354 e. The van der Waals surface area contributed by atoms with Crippen molar-refractivity contribution in [3.63, 3.8) is 0 Å². The van der Waals surface area contributed by atoms with Gasteiger partial charge in [0.2, 0.25) is 0 Å². The zero-order valence-electron chi connectivity index (χ0n) is 20.9. The van der Waals surface area contributed by atoms with Crippen molar-refractivity contribution in [3.8, 4) is 11.3 Å². The van der Waals surface area contributed by atoms with Gasteiger partial charge in [0.15, 0.2) is 5.16 Å². The zero-order chi connectivity index (χ0) is 25.5. The van der Waals surface area contributed by atoms with E-state index in [0.717, 1.165) is 65.3 Å². The van der Waals surface area contributed by atoms with Crippen molar-refractivity contribution in [2.75, 3.05) is 38.1 Å². The summed E-state index contributed by atoms with van der Waals surface area (Å²) < 4.78 is 0. The van der Waals surface area contributed by atoms with Gasteiger partial charge in [-0.1, -0.05) is 60.3 Å². The van der Waals surface area contributed by atoms with Gasteiger partial charge in [-0.15, -0.1) is 0 Å². The number of hydrogen-bond acceptors (Lipinski definition) is 7. The number of piperazine rings is 1. The monoisotopic (exact) mass is 510 g/mol. The van der Waals surface area contributed by atoms with Crippen LogP contribution in [0.25, 0.3) is 11.3 Å². The molecule has 0 aliphatic carbocycles. The van der Waals surface area contributed by atoms with E-state index < -0.39 is 0 Å². The number of nitrogens with zero attached hydrogens (tertiary/aromatic N) is 5. The number of hydrogen-bond donors (Lipinski definition) is 1. The van der Waals surface area contributed by atoms with E-state index in [9.17, 15) is 4.79 Å². The molecule has 0 unspecified atom stereocenters. The second-order valence-corrected chi connectivity index (χ2v) is 10.0. The van der Waals surface area contributed by atoms with Gasteiger partial charge in [0.1, 0.15) is 5.82 Å². The highest BCUT2D eigenvalue weighted by molar-refractivity contribution is 7.98. The Balaban J connectivity index is 1.26. The van der Waals surface area contributed by atoms with Gasteiger partial charge >= 0.3 is 0 Å². The van der Waals surface area contributed by atoms with Crippen LogP contribution >= 0.6 is 11.8 Å². The first-order chi connectivity index (χ1) is 18.1. The average Bonchev–Trinajstić information content (AvgIpc) is 2.96. The van der Waals surface area contributed by atoms with Crippen LogP contribution in [0.3, 0.4) is 0 Å². The highest BCUT2D eigenvalue weighted by atomic mass is 32.2. The van der Waals surface area contributed by atoms with E-state index >= 15 is 0 Å². The number of anilines is 1. The molecule has 1 fully saturated rings. The Morgan fingerprint density at radius 3 is 2.43 bits per heavy atom. The summed E-state index contributed by atoms with van der Waals surface area (Å²) in [5, 5.41) is 3.70. The molecule has 8 heteroatoms. The Hall–Kier alpha value is -3.75. The van der Waals surface area contributed by atoms with E-state index in [1.54, 1.807) is 24.2 Å². The molecule has 1 aliphatic heterocycles. The molecular formula is C29H30N6OS. The summed E-state index contributed by atoms with van der Waals surface area (Å²) in [6, 6.07) is 23.9. The van der Waals surface area contributed by atoms with Crippen LogP contribution in [0, 0.1) is 0 Å². The molecule has 1 amide bonds. The van der Waals surface area contributed by atoms with E-state index in [-0.39, 0.29) is 5.91 Å². The first kappa shape index (κ1) is 24.9. The third kappa shape index (κ3) is 6.72. The lowest BCUT2D eigenvalue weighted by molar-refractivity contribution is 0.0951. The quantitative estimate of drug-likeness (QED) is 0.276. The third-order valence-electron chi connectivity index (χ3n) is 6.35. The predicted octanol–water partition coefficient (Wildman–Crippen LogP) is 4.51. The second-order valence-electron chi connectivity index (χ2n) is 9.08. The summed E-state index contributed by atoms with van der Waals surface area (Å²) in [5.74, 6) is 1.60. The van der Waals surface area contributed by atoms with E-state index in [1.165, 1.54) is 0 Å². The van der Waals surface area contributed by atoms with Gasteiger partial charge in [0.05, 0.1) is 5.69 Å². The van der Waals surface area contributed by atoms with E-state index in [4.69, 9.17) is 9.97 Å². The molecule has 2 aromatic carbocycles. The van der Waals surface area contributed by atoms with Gasteiger partial charge in [-0.2, -0.15) is 0 Å². The molecule has 1 aliphatic rings. The van der Waals surface area contributed by atoms with Crippen molar-refractivity contribution in [3.05, 3.63) is 102 Å². The number of benzene rings is 2. The molecule has 0 atom stereocenters. The molecule has 1 N–H and O–H groups in total. The van der Waals surface area contributed by atoms with Crippen LogP contribution in [0.5, 0.6) is 0 Å². The Kier molecular flexibility index (Phi) is 8.08. The van der Waals surface area contributed by atoms with Crippen LogP contribution in [0.15, 0.2) is 90.3 Å². The Labute approximate surface area is 222 Å². The van der Waals surface area contributed by atoms with Gasteiger partial charge in [0.25, 0.3) is 5.91 Å². The molecule has 188 valence electrons. The first-order valence-electron chi connectivity index (χ1n) is 12.4. The van der Waals surface area contributed by atoms with Gasteiger partial charge in [-0.3, -0.25) is 9.78 Å². The molecule has 2 aromatic heterocycles. The Bertz CT molecular complexity index is 1310. The van der Waals surface area contributed by atoms with Crippen molar-refractivity contribution in [1.82, 2.24) is 25.2 Å². The van der Waals surface area contributed by atoms with Crippen LogP contribution in [-0.2, 0) is 12.3 Å². The van der Waals surface area contributed by atoms with Crippen molar-refractivity contribution in [1.29, 1.82) is 0 Å². The standard InChI is InChI=1S/C29H30N6OS/c1-34-14-16-35(17-15-34)27-18-26(24-7-3-2-4-8-24)32-29(33-27)37-21-22-9-11-25(12-10-22)28(36)31-20-23-6-5-13-30-19-23/h2-13,18-19H,14-17,20-21H2,1H3,(H,31,36). The summed E-state index contributed by atoms with van der Waals surface area (Å²) >= 11 is 1.62. The van der Waals surface area contributed by atoms with Crippen LogP contribution in [-0.4, -0.2) is 59.0 Å². The van der Waals surface area contributed by atoms with Gasteiger partial charge < -0.3 is 15.1 Å². The Morgan fingerprint density at radius 1 is 0.919 bits per heavy atom. The molecule has 0 bridgehead atoms. The molecule has 5 rings (SSSR count). The molecule has 0 saturated carbocycles. The fourth-order valence-electron chi connectivity index (χ4n) is 4.12. The number of nitrogens with one attached hydrogen (secondary N) is 1. The lowest BCUT2D eigenvalue weighted by Crippen LogP contribution is -2.44. The number of rotatable bonds is 8. The zero-order valence-corrected chi connectivity index (χ0v) is 21.7. The average molecular weight is 511 g/mol. The SMILES string of the molecule is CN1CCN(c2cc(-c3ccccc3)nc(SCc3ccc(C(=O)NCc4cccnc4)cc3)n2)CC1. The van der Waals surface area contributed by atoms with Crippen molar-refractivity contribution in [2.24, 2.45) is 0 Å². The van der Waals surface area contributed by atoms with Crippen molar-refractivity contribution < 1.29 is 4.79 Å². The highest BCUT2D eigenvalue weighted by Gasteiger charge is 2.18. The van der Waals surface area contributed by atoms with E-state index in [2.05, 4.69) is 45.3 Å². The van der Waals surface area contributed by atoms with Crippen LogP contribution in [0.4, 0.5) is 5.82 Å². The maximum absolute atomic E-state index is 12.5. The molecule has 7 nitrogen and oxygen atoms in total. The second kappa shape index (κ2) is 12.0. The topological polar surface area (TPSA) is 74.2 Å². The first-order valence-corrected chi connectivity index (χ1v) is 13.4. The largest absolute Gasteiger partial charge is 0.354 e. The minimum absolute atomic E-state index is 0.0984. The molecular weight excluding hydrogens is 480 g/mol. The van der Waals surface area contributed by atoms with Gasteiger partial charge in [-0.25, -0.2) is 9.97 Å². The smallest absolute Gasteiger partial charge is 0.251 e. The normalized spacial score (nSPS) is 13.9. The van der Waals surface area contributed by atoms with Gasteiger partial charge in [0, 0.05) is 68.1 Å². The van der Waals surface area contributed by atoms with Gasteiger partial charge in [-0.05, 0) is 36.4 Å². The number of amides is 1. The van der Waals surface area contributed by atoms with Crippen LogP contribution < -0.4 is 10.2 Å². The highest BCUT2D eigenvalue weighted by Crippen LogP contribution is 2.28. The number of aromatic nitrogens is 3. The van der Waals surface area contributed by atoms with E-state index in [0.29, 0.717) is 12.1 Å². The lowest BCUT2D eigenvalue weighted by Gasteiger charge is -2.33. The number of likely N-dealkylation sites (N-methyl/N-ethyl adjacent to an activating group) is 1. The fraction of sp³-hybridized carbons (Fsp3) is 0.241. The number of carbonyl (C=O) groups is 1. The summed E-state index contributed by atoms with van der Waals surface area (Å²) in [5.41, 5.74) is 4.75. The molecule has 0 radical (unpaired) electrons. The lowest BCUT2D eigenvalue weighted by atomic mass is 10.1. The fourth-order valence-corrected chi connectivity index (χ4v) is 4.93. The molecule has 37 heavy (non-hydrogen) atoms. The molecule has 1 saturated heterocycles. The molecule has 0 spiro atoms. The minimum atomic E-state index is -0.0984. The van der Waals surface area contributed by atoms with Crippen molar-refractivity contribution >= 4 is 23.5 Å². The van der Waals surface area contributed by atoms with Crippen LogP contribution in [0.1, 0.15) is 21.5 Å². The number of pyridine rings is 1. The van der Waals surface area contributed by atoms with E-state index in [1.807, 2.05) is 54.6 Å². The number of carbonyl (C=O) groups excluding carboxylic acids is 1. The number of thioether (sulfide) groups is 1. The summed E-state index contributed by atoms with van der Waals surface area (Å²) in [4.78, 5) is 31.1. The summed E-state index contributed by atoms with van der Waals surface area (Å²) in [7, 11) is 2.16. The predicted molar refractivity (Wildman–Crippen MR) is 149 cm³/mol. The maximum atomic E-state index is 12.5. The summed E-state index contributed by atoms with van der Waals surface area (Å²) in [6.45, 7) is 4.41. The third-order valence-corrected chi connectivity index (χ3v) is 7.27. The van der Waals surface area contributed by atoms with Crippen LogP contribution in [0.2, 0.25) is 0 Å². The Morgan fingerprint density at radius 2 is 1.70 bits per heavy atom. The summed E-state index contributed by atoms with van der Waals surface area (Å²) in [6.07, 6.45) is 3.48. The molecule has 4 aromatic rings. The maximum Gasteiger partial charge on any atom is 0.251 e. The molecule has 3 heterocycles.